The van der Waals surface area contributed by atoms with Crippen molar-refractivity contribution in [1.29, 1.82) is 0 Å². The van der Waals surface area contributed by atoms with Gasteiger partial charge in [-0.05, 0) is 29.2 Å². The zero-order valence-electron chi connectivity index (χ0n) is 13.8. The molecule has 0 atom stereocenters. The molecular formula is C20H25ClN2. The van der Waals surface area contributed by atoms with Crippen LogP contribution >= 0.6 is 11.6 Å². The minimum atomic E-state index is 0.881. The molecule has 1 fully saturated rings. The molecule has 3 heteroatoms. The Kier molecular flexibility index (Phi) is 5.71. The number of nitrogens with zero attached hydrogens (tertiary/aromatic N) is 2. The van der Waals surface area contributed by atoms with Gasteiger partial charge >= 0.3 is 0 Å². The number of aryl methyl sites for hydroxylation is 1. The highest BCUT2D eigenvalue weighted by molar-refractivity contribution is 6.31. The average Bonchev–Trinajstić information content (AvgIpc) is 2.59. The second-order valence-corrected chi connectivity index (χ2v) is 6.72. The lowest BCUT2D eigenvalue weighted by Gasteiger charge is -2.34. The molecular weight excluding hydrogens is 304 g/mol. The summed E-state index contributed by atoms with van der Waals surface area (Å²) in [7, 11) is 0. The van der Waals surface area contributed by atoms with Gasteiger partial charge in [-0.3, -0.25) is 9.80 Å². The van der Waals surface area contributed by atoms with Gasteiger partial charge < -0.3 is 0 Å². The lowest BCUT2D eigenvalue weighted by molar-refractivity contribution is 0.122. The third-order valence-electron chi connectivity index (χ3n) is 4.65. The molecule has 0 spiro atoms. The molecule has 122 valence electrons. The van der Waals surface area contributed by atoms with Crippen molar-refractivity contribution in [3.63, 3.8) is 0 Å². The van der Waals surface area contributed by atoms with Crippen LogP contribution in [0.3, 0.4) is 0 Å². The summed E-state index contributed by atoms with van der Waals surface area (Å²) in [5.74, 6) is 0. The molecule has 2 aromatic carbocycles. The van der Waals surface area contributed by atoms with Crippen LogP contribution < -0.4 is 0 Å². The van der Waals surface area contributed by atoms with E-state index >= 15 is 0 Å². The smallest absolute Gasteiger partial charge is 0.0451 e. The monoisotopic (exact) mass is 328 g/mol. The Morgan fingerprint density at radius 1 is 0.783 bits per heavy atom. The van der Waals surface area contributed by atoms with Crippen LogP contribution in [0.1, 0.15) is 23.6 Å². The second kappa shape index (κ2) is 7.96. The van der Waals surface area contributed by atoms with Crippen molar-refractivity contribution in [3.8, 4) is 0 Å². The number of piperazine rings is 1. The highest BCUT2D eigenvalue weighted by Crippen LogP contribution is 2.18. The first-order valence-corrected chi connectivity index (χ1v) is 8.88. The van der Waals surface area contributed by atoms with Crippen LogP contribution in [0, 0.1) is 0 Å². The van der Waals surface area contributed by atoms with Crippen molar-refractivity contribution in [1.82, 2.24) is 9.80 Å². The van der Waals surface area contributed by atoms with E-state index in [1.807, 2.05) is 12.1 Å². The van der Waals surface area contributed by atoms with E-state index in [1.165, 1.54) is 16.7 Å². The topological polar surface area (TPSA) is 6.48 Å². The van der Waals surface area contributed by atoms with Crippen LogP contribution in [0.4, 0.5) is 0 Å². The quantitative estimate of drug-likeness (QED) is 0.810. The van der Waals surface area contributed by atoms with E-state index in [0.29, 0.717) is 0 Å². The van der Waals surface area contributed by atoms with Gasteiger partial charge in [-0.1, -0.05) is 61.0 Å². The second-order valence-electron chi connectivity index (χ2n) is 6.31. The van der Waals surface area contributed by atoms with Crippen LogP contribution in [-0.2, 0) is 19.5 Å². The fourth-order valence-electron chi connectivity index (χ4n) is 3.11. The number of halogens is 1. The van der Waals surface area contributed by atoms with Crippen LogP contribution in [0.5, 0.6) is 0 Å². The van der Waals surface area contributed by atoms with Gasteiger partial charge in [0.1, 0.15) is 0 Å². The van der Waals surface area contributed by atoms with Gasteiger partial charge in [0.05, 0.1) is 0 Å². The molecule has 0 amide bonds. The predicted molar refractivity (Wildman–Crippen MR) is 97.8 cm³/mol. The average molecular weight is 329 g/mol. The lowest BCUT2D eigenvalue weighted by Crippen LogP contribution is -2.45. The van der Waals surface area contributed by atoms with Crippen LogP contribution in [0.25, 0.3) is 0 Å². The molecule has 1 saturated heterocycles. The molecule has 0 bridgehead atoms. The van der Waals surface area contributed by atoms with E-state index < -0.39 is 0 Å². The number of hydrogen-bond acceptors (Lipinski definition) is 2. The van der Waals surface area contributed by atoms with Gasteiger partial charge in [0, 0.05) is 44.3 Å². The number of hydrogen-bond donors (Lipinski definition) is 0. The minimum Gasteiger partial charge on any atom is -0.297 e. The van der Waals surface area contributed by atoms with E-state index in [-0.39, 0.29) is 0 Å². The Morgan fingerprint density at radius 3 is 1.96 bits per heavy atom. The molecule has 0 radical (unpaired) electrons. The molecule has 0 unspecified atom stereocenters. The first-order chi connectivity index (χ1) is 11.2. The van der Waals surface area contributed by atoms with Gasteiger partial charge in [-0.25, -0.2) is 0 Å². The maximum atomic E-state index is 6.27. The summed E-state index contributed by atoms with van der Waals surface area (Å²) in [6.45, 7) is 8.69. The van der Waals surface area contributed by atoms with Crippen molar-refractivity contribution >= 4 is 11.6 Å². The summed E-state index contributed by atoms with van der Waals surface area (Å²) in [5, 5.41) is 0.881. The first-order valence-electron chi connectivity index (χ1n) is 8.50. The summed E-state index contributed by atoms with van der Waals surface area (Å²) in [6.07, 6.45) is 1.11. The van der Waals surface area contributed by atoms with E-state index in [0.717, 1.165) is 50.7 Å². The van der Waals surface area contributed by atoms with Gasteiger partial charge in [0.25, 0.3) is 0 Å². The minimum absolute atomic E-state index is 0.881. The maximum absolute atomic E-state index is 6.27. The molecule has 1 heterocycles. The van der Waals surface area contributed by atoms with Crippen molar-refractivity contribution in [2.24, 2.45) is 0 Å². The van der Waals surface area contributed by atoms with E-state index in [9.17, 15) is 0 Å². The molecule has 3 rings (SSSR count). The van der Waals surface area contributed by atoms with Gasteiger partial charge in [-0.15, -0.1) is 0 Å². The Bertz CT molecular complexity index is 616. The van der Waals surface area contributed by atoms with Crippen molar-refractivity contribution in [3.05, 3.63) is 70.2 Å². The zero-order valence-corrected chi connectivity index (χ0v) is 14.6. The fourth-order valence-corrected chi connectivity index (χ4v) is 3.31. The van der Waals surface area contributed by atoms with Crippen molar-refractivity contribution in [2.75, 3.05) is 26.2 Å². The van der Waals surface area contributed by atoms with Crippen molar-refractivity contribution in [2.45, 2.75) is 26.4 Å². The molecule has 0 N–H and O–H groups in total. The molecule has 0 aliphatic carbocycles. The van der Waals surface area contributed by atoms with E-state index in [4.69, 9.17) is 11.6 Å². The SMILES string of the molecule is CCc1ccc(CN2CCN(Cc3ccccc3Cl)CC2)cc1. The standard InChI is InChI=1S/C20H25ClN2/c1-2-17-7-9-18(10-8-17)15-22-11-13-23(14-12-22)16-19-5-3-4-6-20(19)21/h3-10H,2,11-16H2,1H3. The zero-order chi connectivity index (χ0) is 16.1. The number of rotatable bonds is 5. The summed E-state index contributed by atoms with van der Waals surface area (Å²) >= 11 is 6.27. The fraction of sp³-hybridized carbons (Fsp3) is 0.400. The highest BCUT2D eigenvalue weighted by Gasteiger charge is 2.17. The Hall–Kier alpha value is -1.35. The van der Waals surface area contributed by atoms with Crippen LogP contribution in [0.2, 0.25) is 5.02 Å². The van der Waals surface area contributed by atoms with Gasteiger partial charge in [-0.2, -0.15) is 0 Å². The largest absolute Gasteiger partial charge is 0.297 e. The highest BCUT2D eigenvalue weighted by atomic mass is 35.5. The van der Waals surface area contributed by atoms with Gasteiger partial charge in [0.2, 0.25) is 0 Å². The van der Waals surface area contributed by atoms with Crippen LogP contribution in [-0.4, -0.2) is 36.0 Å². The molecule has 0 aromatic heterocycles. The third-order valence-corrected chi connectivity index (χ3v) is 5.02. The normalized spacial score (nSPS) is 16.6. The molecule has 0 saturated carbocycles. The summed E-state index contributed by atoms with van der Waals surface area (Å²) in [6, 6.07) is 17.2. The Labute approximate surface area is 144 Å². The van der Waals surface area contributed by atoms with Crippen LogP contribution in [0.15, 0.2) is 48.5 Å². The Balaban J connectivity index is 1.49. The van der Waals surface area contributed by atoms with Crippen molar-refractivity contribution < 1.29 is 0 Å². The summed E-state index contributed by atoms with van der Waals surface area (Å²) < 4.78 is 0. The van der Waals surface area contributed by atoms with E-state index in [1.54, 1.807) is 0 Å². The first kappa shape index (κ1) is 16.5. The molecule has 23 heavy (non-hydrogen) atoms. The molecule has 2 aromatic rings. The lowest BCUT2D eigenvalue weighted by atomic mass is 10.1. The predicted octanol–water partition coefficient (Wildman–Crippen LogP) is 4.22. The Morgan fingerprint density at radius 2 is 1.35 bits per heavy atom. The summed E-state index contributed by atoms with van der Waals surface area (Å²) in [4.78, 5) is 5.04. The molecule has 1 aliphatic heterocycles. The van der Waals surface area contributed by atoms with Gasteiger partial charge in [0.15, 0.2) is 0 Å². The molecule has 1 aliphatic rings. The third kappa shape index (κ3) is 4.57. The van der Waals surface area contributed by atoms with E-state index in [2.05, 4.69) is 53.1 Å². The maximum Gasteiger partial charge on any atom is 0.0451 e. The molecule has 2 nitrogen and oxygen atoms in total. The summed E-state index contributed by atoms with van der Waals surface area (Å²) in [5.41, 5.74) is 4.07. The number of benzene rings is 2.